The quantitative estimate of drug-likeness (QED) is 0.814. The average molecular weight is 258 g/mol. The molecule has 2 fully saturated rings. The van der Waals surface area contributed by atoms with E-state index in [0.29, 0.717) is 6.04 Å². The lowest BCUT2D eigenvalue weighted by molar-refractivity contribution is 0.0909. The highest BCUT2D eigenvalue weighted by Crippen LogP contribution is 2.35. The van der Waals surface area contributed by atoms with E-state index < -0.39 is 0 Å². The van der Waals surface area contributed by atoms with Crippen LogP contribution in [0.4, 0.5) is 10.5 Å². The summed E-state index contributed by atoms with van der Waals surface area (Å²) in [5.74, 6) is 0.740. The number of carbonyl (C=O) groups is 1. The van der Waals surface area contributed by atoms with E-state index in [1.807, 2.05) is 30.3 Å². The van der Waals surface area contributed by atoms with Crippen molar-refractivity contribution in [3.05, 3.63) is 30.3 Å². The molecule has 0 spiro atoms. The van der Waals surface area contributed by atoms with E-state index in [-0.39, 0.29) is 6.03 Å². The predicted molar refractivity (Wildman–Crippen MR) is 77.1 cm³/mol. The number of piperidine rings is 1. The van der Waals surface area contributed by atoms with E-state index in [9.17, 15) is 4.79 Å². The molecule has 2 atom stereocenters. The minimum atomic E-state index is 0.0859. The summed E-state index contributed by atoms with van der Waals surface area (Å²) in [6, 6.07) is 10.3. The van der Waals surface area contributed by atoms with E-state index in [1.54, 1.807) is 0 Å². The Balaban J connectivity index is 1.68. The number of rotatable bonds is 1. The summed E-state index contributed by atoms with van der Waals surface area (Å²) < 4.78 is 0. The van der Waals surface area contributed by atoms with Gasteiger partial charge in [-0.15, -0.1) is 0 Å². The van der Waals surface area contributed by atoms with Gasteiger partial charge in [-0.05, 0) is 43.7 Å². The lowest BCUT2D eigenvalue weighted by Crippen LogP contribution is -2.51. The zero-order valence-corrected chi connectivity index (χ0v) is 11.3. The summed E-state index contributed by atoms with van der Waals surface area (Å²) in [4.78, 5) is 14.5. The van der Waals surface area contributed by atoms with Crippen molar-refractivity contribution < 1.29 is 4.79 Å². The normalized spacial score (nSPS) is 26.6. The number of likely N-dealkylation sites (tertiary alicyclic amines) is 1. The van der Waals surface area contributed by atoms with Crippen LogP contribution in [0.5, 0.6) is 0 Å². The lowest BCUT2D eigenvalue weighted by Gasteiger charge is -2.43. The van der Waals surface area contributed by atoms with Crippen LogP contribution >= 0.6 is 0 Å². The molecule has 1 heterocycles. The molecule has 1 aromatic rings. The van der Waals surface area contributed by atoms with Gasteiger partial charge in [-0.1, -0.05) is 31.0 Å². The average Bonchev–Trinajstić information content (AvgIpc) is 2.47. The van der Waals surface area contributed by atoms with Crippen LogP contribution in [0.25, 0.3) is 0 Å². The molecule has 3 heteroatoms. The fourth-order valence-corrected chi connectivity index (χ4v) is 3.59. The minimum absolute atomic E-state index is 0.0859. The van der Waals surface area contributed by atoms with Gasteiger partial charge in [0.2, 0.25) is 0 Å². The molecular weight excluding hydrogens is 236 g/mol. The topological polar surface area (TPSA) is 32.3 Å². The summed E-state index contributed by atoms with van der Waals surface area (Å²) >= 11 is 0. The van der Waals surface area contributed by atoms with Crippen LogP contribution in [0.1, 0.15) is 38.5 Å². The highest BCUT2D eigenvalue weighted by Gasteiger charge is 2.35. The molecule has 2 amide bonds. The number of benzene rings is 1. The monoisotopic (exact) mass is 258 g/mol. The number of nitrogens with zero attached hydrogens (tertiary/aromatic N) is 1. The Morgan fingerprint density at radius 3 is 2.63 bits per heavy atom. The number of hydrogen-bond acceptors (Lipinski definition) is 1. The maximum absolute atomic E-state index is 12.4. The number of nitrogens with one attached hydrogen (secondary N) is 1. The standard InChI is InChI=1S/C16H22N2O/c19-16(17-14-9-2-1-3-10-14)18-12-6-8-13-7-4-5-11-15(13)18/h1-3,9-10,13,15H,4-8,11-12H2,(H,17,19)/t13-,15+/m0/s1. The minimum Gasteiger partial charge on any atom is -0.321 e. The molecule has 3 rings (SSSR count). The maximum atomic E-state index is 12.4. The van der Waals surface area contributed by atoms with E-state index in [0.717, 1.165) is 24.6 Å². The fraction of sp³-hybridized carbons (Fsp3) is 0.562. The van der Waals surface area contributed by atoms with Gasteiger partial charge in [-0.25, -0.2) is 4.79 Å². The number of fused-ring (bicyclic) bond motifs is 1. The molecule has 0 aromatic heterocycles. The van der Waals surface area contributed by atoms with Crippen molar-refractivity contribution >= 4 is 11.7 Å². The number of amides is 2. The molecule has 2 aliphatic rings. The zero-order valence-electron chi connectivity index (χ0n) is 11.3. The van der Waals surface area contributed by atoms with Crippen molar-refractivity contribution in [2.75, 3.05) is 11.9 Å². The largest absolute Gasteiger partial charge is 0.322 e. The first-order valence-corrected chi connectivity index (χ1v) is 7.47. The molecular formula is C16H22N2O. The van der Waals surface area contributed by atoms with Crippen LogP contribution in [-0.4, -0.2) is 23.5 Å². The molecule has 19 heavy (non-hydrogen) atoms. The SMILES string of the molecule is O=C(Nc1ccccc1)N1CCC[C@@H]2CCCC[C@H]21. The van der Waals surface area contributed by atoms with Gasteiger partial charge in [0.05, 0.1) is 0 Å². The van der Waals surface area contributed by atoms with E-state index >= 15 is 0 Å². The Morgan fingerprint density at radius 2 is 1.79 bits per heavy atom. The van der Waals surface area contributed by atoms with Gasteiger partial charge in [0.25, 0.3) is 0 Å². The Kier molecular flexibility index (Phi) is 3.72. The van der Waals surface area contributed by atoms with Crippen LogP contribution < -0.4 is 5.32 Å². The summed E-state index contributed by atoms with van der Waals surface area (Å²) in [6.45, 7) is 0.917. The van der Waals surface area contributed by atoms with Crippen molar-refractivity contribution in [2.45, 2.75) is 44.6 Å². The second-order valence-electron chi connectivity index (χ2n) is 5.74. The van der Waals surface area contributed by atoms with Crippen molar-refractivity contribution in [1.82, 2.24) is 4.90 Å². The van der Waals surface area contributed by atoms with Gasteiger partial charge in [0.15, 0.2) is 0 Å². The van der Waals surface area contributed by atoms with Crippen molar-refractivity contribution in [1.29, 1.82) is 0 Å². The number of carbonyl (C=O) groups excluding carboxylic acids is 1. The van der Waals surface area contributed by atoms with Crippen molar-refractivity contribution in [3.63, 3.8) is 0 Å². The van der Waals surface area contributed by atoms with Crippen LogP contribution in [0, 0.1) is 5.92 Å². The van der Waals surface area contributed by atoms with Crippen LogP contribution in [0.15, 0.2) is 30.3 Å². The molecule has 1 aliphatic carbocycles. The van der Waals surface area contributed by atoms with Gasteiger partial charge in [-0.3, -0.25) is 0 Å². The number of hydrogen-bond donors (Lipinski definition) is 1. The third-order valence-corrected chi connectivity index (χ3v) is 4.53. The first kappa shape index (κ1) is 12.5. The molecule has 1 saturated carbocycles. The highest BCUT2D eigenvalue weighted by atomic mass is 16.2. The lowest BCUT2D eigenvalue weighted by atomic mass is 9.78. The van der Waals surface area contributed by atoms with Crippen molar-refractivity contribution in [3.8, 4) is 0 Å². The van der Waals surface area contributed by atoms with Crippen LogP contribution in [0.2, 0.25) is 0 Å². The number of anilines is 1. The highest BCUT2D eigenvalue weighted by molar-refractivity contribution is 5.89. The summed E-state index contributed by atoms with van der Waals surface area (Å²) in [7, 11) is 0. The summed E-state index contributed by atoms with van der Waals surface area (Å²) in [5, 5.41) is 3.03. The fourth-order valence-electron chi connectivity index (χ4n) is 3.59. The Morgan fingerprint density at radius 1 is 1.05 bits per heavy atom. The summed E-state index contributed by atoms with van der Waals surface area (Å²) in [6.07, 6.45) is 7.57. The van der Waals surface area contributed by atoms with Crippen LogP contribution in [0.3, 0.4) is 0 Å². The molecule has 0 bridgehead atoms. The molecule has 1 saturated heterocycles. The predicted octanol–water partition coefficient (Wildman–Crippen LogP) is 3.87. The maximum Gasteiger partial charge on any atom is 0.322 e. The molecule has 3 nitrogen and oxygen atoms in total. The van der Waals surface area contributed by atoms with Gasteiger partial charge in [-0.2, -0.15) is 0 Å². The summed E-state index contributed by atoms with van der Waals surface area (Å²) in [5.41, 5.74) is 0.894. The van der Waals surface area contributed by atoms with E-state index in [1.165, 1.54) is 32.1 Å². The third kappa shape index (κ3) is 2.75. The Hall–Kier alpha value is -1.51. The Bertz CT molecular complexity index is 430. The van der Waals surface area contributed by atoms with E-state index in [4.69, 9.17) is 0 Å². The van der Waals surface area contributed by atoms with Gasteiger partial charge >= 0.3 is 6.03 Å². The smallest absolute Gasteiger partial charge is 0.321 e. The number of para-hydroxylation sites is 1. The van der Waals surface area contributed by atoms with Gasteiger partial charge in [0.1, 0.15) is 0 Å². The molecule has 102 valence electrons. The Labute approximate surface area is 115 Å². The van der Waals surface area contributed by atoms with Crippen molar-refractivity contribution in [2.24, 2.45) is 5.92 Å². The second-order valence-corrected chi connectivity index (χ2v) is 5.74. The molecule has 1 aromatic carbocycles. The molecule has 1 N–H and O–H groups in total. The van der Waals surface area contributed by atoms with E-state index in [2.05, 4.69) is 10.2 Å². The molecule has 1 aliphatic heterocycles. The molecule has 0 unspecified atom stereocenters. The zero-order chi connectivity index (χ0) is 13.1. The molecule has 0 radical (unpaired) electrons. The first-order valence-electron chi connectivity index (χ1n) is 7.47. The van der Waals surface area contributed by atoms with Gasteiger partial charge in [0, 0.05) is 18.3 Å². The second kappa shape index (κ2) is 5.64. The van der Waals surface area contributed by atoms with Gasteiger partial charge < -0.3 is 10.2 Å². The first-order chi connectivity index (χ1) is 9.34. The number of urea groups is 1. The third-order valence-electron chi connectivity index (χ3n) is 4.53. The van der Waals surface area contributed by atoms with Crippen LogP contribution in [-0.2, 0) is 0 Å².